The van der Waals surface area contributed by atoms with Crippen LogP contribution in [0.25, 0.3) is 0 Å². The van der Waals surface area contributed by atoms with Crippen molar-refractivity contribution in [2.45, 2.75) is 38.9 Å². The number of likely N-dealkylation sites (N-methyl/N-ethyl adjacent to an activating group) is 2. The second-order valence-electron chi connectivity index (χ2n) is 6.51. The van der Waals surface area contributed by atoms with Gasteiger partial charge < -0.3 is 14.7 Å². The fourth-order valence-corrected chi connectivity index (χ4v) is 3.12. The molecule has 7 heteroatoms. The zero-order chi connectivity index (χ0) is 18.2. The lowest BCUT2D eigenvalue weighted by atomic mass is 10.3. The Kier molecular flexibility index (Phi) is 7.61. The van der Waals surface area contributed by atoms with Gasteiger partial charge in [-0.1, -0.05) is 13.8 Å². The van der Waals surface area contributed by atoms with Gasteiger partial charge in [-0.15, -0.1) is 0 Å². The van der Waals surface area contributed by atoms with Crippen LogP contribution in [-0.2, 0) is 0 Å². The molecule has 0 saturated carbocycles. The van der Waals surface area contributed by atoms with E-state index in [1.165, 1.54) is 12.1 Å². The summed E-state index contributed by atoms with van der Waals surface area (Å²) in [5.41, 5.74) is 0.0963. The van der Waals surface area contributed by atoms with Gasteiger partial charge in [0.2, 0.25) is 0 Å². The molecule has 2 atom stereocenters. The van der Waals surface area contributed by atoms with Crippen molar-refractivity contribution in [2.75, 3.05) is 39.3 Å². The lowest BCUT2D eigenvalue weighted by molar-refractivity contribution is -0.384. The number of aliphatic hydroxyl groups is 1. The van der Waals surface area contributed by atoms with E-state index in [0.29, 0.717) is 5.75 Å². The highest BCUT2D eigenvalue weighted by Crippen LogP contribution is 2.21. The zero-order valence-corrected chi connectivity index (χ0v) is 15.1. The van der Waals surface area contributed by atoms with E-state index < -0.39 is 4.92 Å². The van der Waals surface area contributed by atoms with E-state index in [4.69, 9.17) is 9.84 Å². The Labute approximate surface area is 149 Å². The highest BCUT2D eigenvalue weighted by Gasteiger charge is 2.22. The molecule has 2 unspecified atom stereocenters. The van der Waals surface area contributed by atoms with Crippen LogP contribution in [0.5, 0.6) is 5.75 Å². The number of nitrogens with zero attached hydrogens (tertiary/aromatic N) is 3. The molecule has 1 aromatic carbocycles. The summed E-state index contributed by atoms with van der Waals surface area (Å²) in [6, 6.07) is 6.27. The third-order valence-corrected chi connectivity index (χ3v) is 4.72. The van der Waals surface area contributed by atoms with E-state index in [0.717, 1.165) is 52.1 Å². The Balaban J connectivity index is 0.000000236. The number of hydrogen-bond acceptors (Lipinski definition) is 6. The summed E-state index contributed by atoms with van der Waals surface area (Å²) < 4.78 is 5.78. The molecular formula is C18H29N3O4. The van der Waals surface area contributed by atoms with Crippen LogP contribution < -0.4 is 4.74 Å². The van der Waals surface area contributed by atoms with Gasteiger partial charge in [0.15, 0.2) is 0 Å². The fraction of sp³-hybridized carbons (Fsp3) is 0.667. The maximum absolute atomic E-state index is 10.5. The molecule has 0 radical (unpaired) electrons. The number of hydrogen-bond donors (Lipinski definition) is 1. The summed E-state index contributed by atoms with van der Waals surface area (Å²) in [6.07, 6.45) is 2.14. The summed E-state index contributed by atoms with van der Waals surface area (Å²) >= 11 is 0. The summed E-state index contributed by atoms with van der Waals surface area (Å²) in [7, 11) is 0. The Bertz CT molecular complexity index is 538. The molecule has 3 rings (SSSR count). The van der Waals surface area contributed by atoms with Gasteiger partial charge in [0.05, 0.1) is 11.0 Å². The largest absolute Gasteiger partial charge is 0.489 e. The number of likely N-dealkylation sites (tertiary alicyclic amines) is 2. The quantitative estimate of drug-likeness (QED) is 0.647. The molecular weight excluding hydrogens is 322 g/mol. The molecule has 2 heterocycles. The van der Waals surface area contributed by atoms with Crippen molar-refractivity contribution in [2.24, 2.45) is 0 Å². The van der Waals surface area contributed by atoms with Gasteiger partial charge in [0.25, 0.3) is 5.69 Å². The molecule has 7 nitrogen and oxygen atoms in total. The number of rotatable bonds is 5. The predicted octanol–water partition coefficient (Wildman–Crippen LogP) is 2.14. The third-order valence-electron chi connectivity index (χ3n) is 4.72. The minimum atomic E-state index is -0.405. The number of nitro groups is 1. The number of ether oxygens (including phenoxy) is 1. The summed E-state index contributed by atoms with van der Waals surface area (Å²) in [4.78, 5) is 14.7. The number of aliphatic hydroxyl groups excluding tert-OH is 1. The average molecular weight is 351 g/mol. The molecule has 0 aromatic heterocycles. The van der Waals surface area contributed by atoms with Crippen molar-refractivity contribution in [3.05, 3.63) is 34.4 Å². The Morgan fingerprint density at radius 1 is 1.12 bits per heavy atom. The standard InChI is InChI=1S/C12H16N2O3.C6H13NO/c1-2-13-8-7-12(9-13)17-11-5-3-10(4-6-11)14(15)16;1-2-7-4-3-6(8)5-7/h3-6,12H,2,7-9H2,1H3;6,8H,2-5H2,1H3. The van der Waals surface area contributed by atoms with Crippen LogP contribution in [0.1, 0.15) is 26.7 Å². The van der Waals surface area contributed by atoms with Crippen molar-refractivity contribution < 1.29 is 14.8 Å². The molecule has 0 bridgehead atoms. The smallest absolute Gasteiger partial charge is 0.269 e. The Morgan fingerprint density at radius 2 is 1.72 bits per heavy atom. The average Bonchev–Trinajstić information content (AvgIpc) is 3.24. The predicted molar refractivity (Wildman–Crippen MR) is 97.0 cm³/mol. The van der Waals surface area contributed by atoms with Crippen LogP contribution in [-0.4, -0.2) is 71.3 Å². The lowest BCUT2D eigenvalue weighted by Crippen LogP contribution is -2.24. The summed E-state index contributed by atoms with van der Waals surface area (Å²) in [5.74, 6) is 0.707. The van der Waals surface area contributed by atoms with Gasteiger partial charge in [-0.3, -0.25) is 15.0 Å². The van der Waals surface area contributed by atoms with Crippen molar-refractivity contribution in [3.8, 4) is 5.75 Å². The van der Waals surface area contributed by atoms with Crippen LogP contribution in [0.3, 0.4) is 0 Å². The van der Waals surface area contributed by atoms with Crippen LogP contribution in [0, 0.1) is 10.1 Å². The first-order chi connectivity index (χ1) is 12.0. The van der Waals surface area contributed by atoms with E-state index in [1.807, 2.05) is 0 Å². The molecule has 2 aliphatic rings. The highest BCUT2D eigenvalue weighted by atomic mass is 16.6. The monoisotopic (exact) mass is 351 g/mol. The molecule has 0 aliphatic carbocycles. The first kappa shape index (κ1) is 19.6. The minimum absolute atomic E-state index is 0.0463. The molecule has 0 amide bonds. The van der Waals surface area contributed by atoms with Crippen molar-refractivity contribution in [3.63, 3.8) is 0 Å². The molecule has 25 heavy (non-hydrogen) atoms. The van der Waals surface area contributed by atoms with E-state index >= 15 is 0 Å². The number of β-amino-alcohol motifs (C(OH)–C–C–N with tert-alkyl or cyclic N) is 1. The molecule has 140 valence electrons. The van der Waals surface area contributed by atoms with Gasteiger partial charge in [0.1, 0.15) is 11.9 Å². The van der Waals surface area contributed by atoms with Crippen molar-refractivity contribution in [1.29, 1.82) is 0 Å². The van der Waals surface area contributed by atoms with E-state index in [2.05, 4.69) is 23.6 Å². The molecule has 2 fully saturated rings. The van der Waals surface area contributed by atoms with Gasteiger partial charge in [-0.2, -0.15) is 0 Å². The van der Waals surface area contributed by atoms with Crippen molar-refractivity contribution in [1.82, 2.24) is 9.80 Å². The Morgan fingerprint density at radius 3 is 2.16 bits per heavy atom. The lowest BCUT2D eigenvalue weighted by Gasteiger charge is -2.14. The minimum Gasteiger partial charge on any atom is -0.489 e. The van der Waals surface area contributed by atoms with Crippen LogP contribution in [0.4, 0.5) is 5.69 Å². The van der Waals surface area contributed by atoms with Crippen LogP contribution >= 0.6 is 0 Å². The van der Waals surface area contributed by atoms with Gasteiger partial charge in [0, 0.05) is 38.3 Å². The van der Waals surface area contributed by atoms with E-state index in [-0.39, 0.29) is 17.9 Å². The summed E-state index contributed by atoms with van der Waals surface area (Å²) in [5, 5.41) is 19.5. The van der Waals surface area contributed by atoms with Gasteiger partial charge in [-0.05, 0) is 38.1 Å². The van der Waals surface area contributed by atoms with Gasteiger partial charge in [-0.25, -0.2) is 0 Å². The fourth-order valence-electron chi connectivity index (χ4n) is 3.12. The maximum atomic E-state index is 10.5. The molecule has 0 spiro atoms. The first-order valence-corrected chi connectivity index (χ1v) is 9.05. The van der Waals surface area contributed by atoms with Crippen LogP contribution in [0.15, 0.2) is 24.3 Å². The van der Waals surface area contributed by atoms with E-state index in [1.54, 1.807) is 12.1 Å². The van der Waals surface area contributed by atoms with Crippen LogP contribution in [0.2, 0.25) is 0 Å². The highest BCUT2D eigenvalue weighted by molar-refractivity contribution is 5.36. The molecule has 2 saturated heterocycles. The molecule has 1 aromatic rings. The number of non-ortho nitro benzene ring substituents is 1. The first-order valence-electron chi connectivity index (χ1n) is 9.05. The maximum Gasteiger partial charge on any atom is 0.269 e. The summed E-state index contributed by atoms with van der Waals surface area (Å²) in [6.45, 7) is 10.3. The topological polar surface area (TPSA) is 79.1 Å². The SMILES string of the molecule is CCN1CCC(O)C1.CCN1CCC(Oc2ccc([N+](=O)[O-])cc2)C1. The number of nitro benzene ring substituents is 1. The zero-order valence-electron chi connectivity index (χ0n) is 15.1. The Hall–Kier alpha value is -1.70. The number of benzene rings is 1. The second kappa shape index (κ2) is 9.70. The van der Waals surface area contributed by atoms with E-state index in [9.17, 15) is 10.1 Å². The van der Waals surface area contributed by atoms with Crippen molar-refractivity contribution >= 4 is 5.69 Å². The second-order valence-corrected chi connectivity index (χ2v) is 6.51. The molecule has 1 N–H and O–H groups in total. The van der Waals surface area contributed by atoms with Gasteiger partial charge >= 0.3 is 0 Å². The third kappa shape index (κ3) is 6.26. The molecule has 2 aliphatic heterocycles. The normalized spacial score (nSPS) is 24.0.